The van der Waals surface area contributed by atoms with E-state index in [-0.39, 0.29) is 55.4 Å². The third kappa shape index (κ3) is 7.83. The van der Waals surface area contributed by atoms with Crippen molar-refractivity contribution in [2.24, 2.45) is 5.92 Å². The van der Waals surface area contributed by atoms with Crippen LogP contribution in [0.3, 0.4) is 0 Å². The number of rotatable bonds is 9. The normalized spacial score (nSPS) is 20.9. The van der Waals surface area contributed by atoms with E-state index < -0.39 is 12.2 Å². The molecule has 3 aromatic carbocycles. The SMILES string of the molecule is CN(C)c1c(Cl)cc(Cl)cc1CN1CC2N(C(=O)CN(C)N2C(=O)CC2CCN(Cc3ccccc3)CC2)[C@@H](Cc2ccc(O)cc2)C1=O. The number of aromatic hydroxyl groups is 1. The molecule has 0 aromatic heterocycles. The number of nitrogens with zero attached hydrogens (tertiary/aromatic N) is 6. The van der Waals surface area contributed by atoms with Gasteiger partial charge in [0.2, 0.25) is 17.7 Å². The second-order valence-corrected chi connectivity index (χ2v) is 14.5. The molecule has 3 aliphatic heterocycles. The highest BCUT2D eigenvalue weighted by atomic mass is 35.5. The van der Waals surface area contributed by atoms with E-state index in [0.29, 0.717) is 16.5 Å². The van der Waals surface area contributed by atoms with Crippen LogP contribution in [-0.2, 0) is 33.9 Å². The van der Waals surface area contributed by atoms with Gasteiger partial charge in [0, 0.05) is 52.1 Å². The standard InChI is InChI=1S/C37H44Cl2N6O4/c1-40(2)36-28(19-29(38)20-31(36)39)22-43-23-33-44(32(37(43)49)17-25-9-11-30(46)12-10-25)35(48)24-41(3)45(33)34(47)18-26-13-15-42(16-14-26)21-27-7-5-4-6-8-27/h4-12,19-20,26,32-33,46H,13-18,21-24H2,1-3H3/t32-,33?/m0/s1. The van der Waals surface area contributed by atoms with Gasteiger partial charge < -0.3 is 19.8 Å². The molecule has 3 fully saturated rings. The van der Waals surface area contributed by atoms with Crippen molar-refractivity contribution in [1.82, 2.24) is 24.7 Å². The van der Waals surface area contributed by atoms with Crippen molar-refractivity contribution < 1.29 is 19.5 Å². The Morgan fingerprint density at radius 3 is 2.31 bits per heavy atom. The molecule has 49 heavy (non-hydrogen) atoms. The van der Waals surface area contributed by atoms with Crippen LogP contribution in [0, 0.1) is 5.92 Å². The molecule has 6 rings (SSSR count). The Morgan fingerprint density at radius 1 is 0.939 bits per heavy atom. The van der Waals surface area contributed by atoms with Crippen molar-refractivity contribution >= 4 is 46.6 Å². The van der Waals surface area contributed by atoms with Gasteiger partial charge in [0.15, 0.2) is 0 Å². The van der Waals surface area contributed by atoms with Crippen molar-refractivity contribution in [2.45, 2.75) is 51.0 Å². The molecule has 12 heteroatoms. The zero-order chi connectivity index (χ0) is 34.8. The first-order chi connectivity index (χ1) is 23.5. The summed E-state index contributed by atoms with van der Waals surface area (Å²) in [5.41, 5.74) is 3.60. The van der Waals surface area contributed by atoms with Gasteiger partial charge >= 0.3 is 0 Å². The Labute approximate surface area is 298 Å². The van der Waals surface area contributed by atoms with Crippen LogP contribution in [-0.4, -0.2) is 107 Å². The number of anilines is 1. The molecule has 3 heterocycles. The number of piperazine rings is 1. The molecule has 0 aliphatic carbocycles. The summed E-state index contributed by atoms with van der Waals surface area (Å²) in [6, 6.07) is 19.7. The van der Waals surface area contributed by atoms with Crippen molar-refractivity contribution in [3.8, 4) is 5.75 Å². The lowest BCUT2D eigenvalue weighted by Gasteiger charge is -2.55. The van der Waals surface area contributed by atoms with Gasteiger partial charge in [0.1, 0.15) is 18.0 Å². The molecular formula is C37H44Cl2N6O4. The van der Waals surface area contributed by atoms with Crippen LogP contribution in [0.15, 0.2) is 66.7 Å². The van der Waals surface area contributed by atoms with Crippen LogP contribution >= 0.6 is 23.2 Å². The summed E-state index contributed by atoms with van der Waals surface area (Å²) >= 11 is 13.1. The molecule has 2 atom stereocenters. The second kappa shape index (κ2) is 15.0. The zero-order valence-electron chi connectivity index (χ0n) is 28.3. The molecule has 0 bridgehead atoms. The van der Waals surface area contributed by atoms with Crippen LogP contribution in [0.5, 0.6) is 5.75 Å². The Bertz CT molecular complexity index is 1670. The molecule has 1 N–H and O–H groups in total. The Morgan fingerprint density at radius 2 is 1.63 bits per heavy atom. The number of fused-ring (bicyclic) bond motifs is 1. The maximum Gasteiger partial charge on any atom is 0.246 e. The number of likely N-dealkylation sites (N-methyl/N-ethyl adjacent to an activating group) is 1. The second-order valence-electron chi connectivity index (χ2n) is 13.6. The number of piperidine rings is 1. The monoisotopic (exact) mass is 706 g/mol. The van der Waals surface area contributed by atoms with Crippen LogP contribution in [0.4, 0.5) is 5.69 Å². The molecule has 10 nitrogen and oxygen atoms in total. The first-order valence-corrected chi connectivity index (χ1v) is 17.6. The smallest absolute Gasteiger partial charge is 0.246 e. The Balaban J connectivity index is 1.25. The molecule has 1 unspecified atom stereocenters. The number of phenols is 1. The predicted octanol–water partition coefficient (Wildman–Crippen LogP) is 4.86. The minimum atomic E-state index is -0.849. The van der Waals surface area contributed by atoms with Gasteiger partial charge in [0.05, 0.1) is 23.8 Å². The van der Waals surface area contributed by atoms with E-state index in [9.17, 15) is 19.5 Å². The zero-order valence-corrected chi connectivity index (χ0v) is 29.8. The average Bonchev–Trinajstić information content (AvgIpc) is 3.04. The van der Waals surface area contributed by atoms with Crippen LogP contribution < -0.4 is 4.90 Å². The molecule has 3 aromatic rings. The Kier molecular flexibility index (Phi) is 10.7. The molecule has 3 amide bonds. The largest absolute Gasteiger partial charge is 0.508 e. The summed E-state index contributed by atoms with van der Waals surface area (Å²) in [4.78, 5) is 50.1. The highest BCUT2D eigenvalue weighted by molar-refractivity contribution is 6.36. The lowest BCUT2D eigenvalue weighted by atomic mass is 9.92. The molecule has 0 saturated carbocycles. The van der Waals surface area contributed by atoms with Gasteiger partial charge in [-0.3, -0.25) is 24.3 Å². The number of hydrogen-bond acceptors (Lipinski definition) is 7. The summed E-state index contributed by atoms with van der Waals surface area (Å²) in [6.45, 7) is 3.07. The molecule has 260 valence electrons. The predicted molar refractivity (Wildman–Crippen MR) is 191 cm³/mol. The summed E-state index contributed by atoms with van der Waals surface area (Å²) in [6.07, 6.45) is 1.75. The van der Waals surface area contributed by atoms with Crippen molar-refractivity contribution in [1.29, 1.82) is 0 Å². The fourth-order valence-electron chi connectivity index (χ4n) is 7.55. The number of carbonyl (C=O) groups excluding carboxylic acids is 3. The lowest BCUT2D eigenvalue weighted by molar-refractivity contribution is -0.203. The Hall–Kier alpha value is -3.83. The number of carbonyl (C=O) groups is 3. The highest BCUT2D eigenvalue weighted by Gasteiger charge is 2.50. The molecular weight excluding hydrogens is 663 g/mol. The first kappa shape index (κ1) is 35.0. The van der Waals surface area contributed by atoms with Crippen molar-refractivity contribution in [2.75, 3.05) is 52.2 Å². The fraction of sp³-hybridized carbons (Fsp3) is 0.432. The lowest BCUT2D eigenvalue weighted by Crippen LogP contribution is -2.75. The third-order valence-electron chi connectivity index (χ3n) is 9.90. The highest BCUT2D eigenvalue weighted by Crippen LogP contribution is 2.36. The van der Waals surface area contributed by atoms with Crippen LogP contribution in [0.25, 0.3) is 0 Å². The number of benzene rings is 3. The van der Waals surface area contributed by atoms with Gasteiger partial charge in [-0.05, 0) is 72.8 Å². The number of likely N-dealkylation sites (tertiary alicyclic amines) is 1. The first-order valence-electron chi connectivity index (χ1n) is 16.8. The van der Waals surface area contributed by atoms with E-state index in [1.165, 1.54) is 5.56 Å². The maximum atomic E-state index is 14.4. The van der Waals surface area contributed by atoms with Crippen LogP contribution in [0.2, 0.25) is 10.0 Å². The number of hydrazine groups is 1. The summed E-state index contributed by atoms with van der Waals surface area (Å²) < 4.78 is 0. The van der Waals surface area contributed by atoms with Crippen molar-refractivity contribution in [3.63, 3.8) is 0 Å². The molecule has 3 saturated heterocycles. The number of amides is 3. The quantitative estimate of drug-likeness (QED) is 0.340. The number of halogens is 2. The topological polar surface area (TPSA) is 90.9 Å². The maximum absolute atomic E-state index is 14.4. The number of hydrogen-bond donors (Lipinski definition) is 1. The fourth-order valence-corrected chi connectivity index (χ4v) is 8.25. The van der Waals surface area contributed by atoms with Gasteiger partial charge in [-0.1, -0.05) is 65.7 Å². The third-order valence-corrected chi connectivity index (χ3v) is 10.4. The van der Waals surface area contributed by atoms with E-state index in [2.05, 4.69) is 29.2 Å². The van der Waals surface area contributed by atoms with E-state index in [0.717, 1.165) is 49.3 Å². The molecule has 3 aliphatic rings. The van der Waals surface area contributed by atoms with E-state index in [4.69, 9.17) is 23.2 Å². The summed E-state index contributed by atoms with van der Waals surface area (Å²) in [5.74, 6) is -0.137. The number of phenolic OH excluding ortho intramolecular Hbond substituents is 1. The van der Waals surface area contributed by atoms with E-state index in [1.54, 1.807) is 57.2 Å². The minimum Gasteiger partial charge on any atom is -0.508 e. The van der Waals surface area contributed by atoms with Crippen molar-refractivity contribution in [3.05, 3.63) is 93.5 Å². The van der Waals surface area contributed by atoms with Gasteiger partial charge in [-0.25, -0.2) is 5.01 Å². The van der Waals surface area contributed by atoms with Gasteiger partial charge in [-0.15, -0.1) is 0 Å². The van der Waals surface area contributed by atoms with Crippen LogP contribution in [0.1, 0.15) is 36.0 Å². The summed E-state index contributed by atoms with van der Waals surface area (Å²) in [7, 11) is 5.53. The van der Waals surface area contributed by atoms with E-state index in [1.807, 2.05) is 31.1 Å². The minimum absolute atomic E-state index is 0.00814. The van der Waals surface area contributed by atoms with Gasteiger partial charge in [-0.2, -0.15) is 0 Å². The molecule has 0 radical (unpaired) electrons. The van der Waals surface area contributed by atoms with E-state index >= 15 is 0 Å². The molecule has 0 spiro atoms. The summed E-state index contributed by atoms with van der Waals surface area (Å²) in [5, 5.41) is 14.2. The average molecular weight is 708 g/mol. The van der Waals surface area contributed by atoms with Gasteiger partial charge in [0.25, 0.3) is 0 Å².